The number of aromatic amines is 1. The average Bonchev–Trinajstić information content (AvgIpc) is 3.28. The van der Waals surface area contributed by atoms with Crippen molar-refractivity contribution in [1.29, 1.82) is 0 Å². The summed E-state index contributed by atoms with van der Waals surface area (Å²) in [6.45, 7) is 0. The van der Waals surface area contributed by atoms with Crippen LogP contribution in [0.5, 0.6) is 5.88 Å². The molecule has 2 N–H and O–H groups in total. The van der Waals surface area contributed by atoms with Crippen molar-refractivity contribution < 1.29 is 58.2 Å². The van der Waals surface area contributed by atoms with Crippen LogP contribution in [0.25, 0.3) is 11.3 Å². The highest BCUT2D eigenvalue weighted by molar-refractivity contribution is 6.30. The van der Waals surface area contributed by atoms with E-state index in [-0.39, 0.29) is 18.2 Å². The van der Waals surface area contributed by atoms with Gasteiger partial charge < -0.3 is 10.1 Å². The molecular weight excluding hydrogens is 509 g/mol. The number of aromatic hydroxyl groups is 1. The van der Waals surface area contributed by atoms with Crippen LogP contribution in [0.15, 0.2) is 23.2 Å². The highest BCUT2D eigenvalue weighted by Crippen LogP contribution is 2.43. The number of nitrogens with one attached hydrogen (secondary N) is 1. The Labute approximate surface area is 185 Å². The van der Waals surface area contributed by atoms with E-state index >= 15 is 0 Å². The van der Waals surface area contributed by atoms with Gasteiger partial charge in [-0.15, -0.1) is 0 Å². The maximum absolute atomic E-state index is 14.3. The third kappa shape index (κ3) is 3.70. The van der Waals surface area contributed by atoms with Gasteiger partial charge in [-0.2, -0.15) is 26.3 Å². The smallest absolute Gasteiger partial charge is 0.416 e. The lowest BCUT2D eigenvalue weighted by molar-refractivity contribution is -0.143. The summed E-state index contributed by atoms with van der Waals surface area (Å²) in [4.78, 5) is 17.4. The van der Waals surface area contributed by atoms with Crippen LogP contribution in [0.2, 0.25) is 0 Å². The Balaban J connectivity index is 1.99. The lowest BCUT2D eigenvalue weighted by Crippen LogP contribution is -2.13. The number of fused-ring (bicyclic) bond motifs is 1. The molecule has 4 nitrogen and oxygen atoms in total. The number of carbonyl (C=O) groups excluding carboxylic acids is 1. The van der Waals surface area contributed by atoms with Gasteiger partial charge in [0.15, 0.2) is 29.1 Å². The molecule has 0 bridgehead atoms. The fourth-order valence-electron chi connectivity index (χ4n) is 3.45. The highest BCUT2D eigenvalue weighted by atomic mass is 19.4. The van der Waals surface area contributed by atoms with Crippen LogP contribution in [0.3, 0.4) is 0 Å². The number of aromatic nitrogens is 1. The van der Waals surface area contributed by atoms with E-state index in [1.165, 1.54) is 0 Å². The number of aliphatic imine (C=N–C) groups is 1. The second kappa shape index (κ2) is 7.55. The largest absolute Gasteiger partial charge is 0.494 e. The van der Waals surface area contributed by atoms with Crippen molar-refractivity contribution in [1.82, 2.24) is 4.98 Å². The molecule has 2 heterocycles. The van der Waals surface area contributed by atoms with Crippen LogP contribution in [-0.4, -0.2) is 21.7 Å². The molecular formula is C20H5F11N2O2. The summed E-state index contributed by atoms with van der Waals surface area (Å²) in [5, 5.41) is 10.2. The average molecular weight is 514 g/mol. The number of hydrogen-bond acceptors (Lipinski definition) is 2. The molecule has 4 rings (SSSR count). The lowest BCUT2D eigenvalue weighted by atomic mass is 9.97. The number of alkyl halides is 6. The fraction of sp³-hybridized carbons (Fsp3) is 0.100. The first-order chi connectivity index (χ1) is 16.0. The number of benzene rings is 2. The van der Waals surface area contributed by atoms with Crippen LogP contribution in [0, 0.1) is 29.1 Å². The molecule has 1 aliphatic rings. The fourth-order valence-corrected chi connectivity index (χ4v) is 3.45. The normalized spacial score (nSPS) is 13.9. The van der Waals surface area contributed by atoms with Crippen LogP contribution >= 0.6 is 0 Å². The lowest BCUT2D eigenvalue weighted by Gasteiger charge is -2.14. The van der Waals surface area contributed by atoms with E-state index in [1.54, 1.807) is 0 Å². The first kappa shape index (κ1) is 24.2. The molecule has 0 aliphatic carbocycles. The Hall–Kier alpha value is -3.91. The first-order valence-electron chi connectivity index (χ1n) is 8.94. The predicted octanol–water partition coefficient (Wildman–Crippen LogP) is 6.11. The van der Waals surface area contributed by atoms with E-state index in [0.29, 0.717) is 0 Å². The highest BCUT2D eigenvalue weighted by Gasteiger charge is 2.41. The number of halogens is 11. The molecule has 0 atom stereocenters. The van der Waals surface area contributed by atoms with Gasteiger partial charge in [-0.3, -0.25) is 4.79 Å². The molecule has 1 amide bonds. The first-order valence-corrected chi connectivity index (χ1v) is 8.94. The van der Waals surface area contributed by atoms with Crippen molar-refractivity contribution in [2.75, 3.05) is 0 Å². The summed E-state index contributed by atoms with van der Waals surface area (Å²) in [5.74, 6) is -15.1. The molecule has 1 aliphatic heterocycles. The third-order valence-electron chi connectivity index (χ3n) is 4.97. The Morgan fingerprint density at radius 3 is 1.60 bits per heavy atom. The molecule has 1 aromatic heterocycles. The zero-order valence-corrected chi connectivity index (χ0v) is 16.2. The van der Waals surface area contributed by atoms with Crippen molar-refractivity contribution in [3.63, 3.8) is 0 Å². The minimum Gasteiger partial charge on any atom is -0.494 e. The number of hydrogen-bond donors (Lipinski definition) is 2. The maximum atomic E-state index is 14.3. The van der Waals surface area contributed by atoms with Gasteiger partial charge in [0, 0.05) is 5.56 Å². The van der Waals surface area contributed by atoms with Crippen molar-refractivity contribution in [2.45, 2.75) is 12.4 Å². The minimum absolute atomic E-state index is 0.185. The quantitative estimate of drug-likeness (QED) is 0.246. The van der Waals surface area contributed by atoms with E-state index < -0.39 is 98.0 Å². The molecule has 0 saturated heterocycles. The van der Waals surface area contributed by atoms with E-state index in [4.69, 9.17) is 0 Å². The molecule has 184 valence electrons. The number of nitrogens with zero attached hydrogens (tertiary/aromatic N) is 1. The van der Waals surface area contributed by atoms with E-state index in [2.05, 4.69) is 4.99 Å². The molecule has 35 heavy (non-hydrogen) atoms. The molecule has 0 radical (unpaired) electrons. The molecule has 0 fully saturated rings. The maximum Gasteiger partial charge on any atom is 0.416 e. The topological polar surface area (TPSA) is 65.4 Å². The van der Waals surface area contributed by atoms with Gasteiger partial charge in [-0.1, -0.05) is 0 Å². The van der Waals surface area contributed by atoms with Crippen molar-refractivity contribution >= 4 is 11.6 Å². The molecule has 0 unspecified atom stereocenters. The Morgan fingerprint density at radius 2 is 1.14 bits per heavy atom. The molecule has 3 aromatic rings. The molecule has 0 saturated carbocycles. The third-order valence-corrected chi connectivity index (χ3v) is 4.97. The number of rotatable bonds is 2. The summed E-state index contributed by atoms with van der Waals surface area (Å²) in [6, 6.07) is 0.153. The van der Waals surface area contributed by atoms with Gasteiger partial charge in [0.1, 0.15) is 0 Å². The van der Waals surface area contributed by atoms with Gasteiger partial charge in [0.05, 0.1) is 39.2 Å². The number of amides is 1. The molecule has 2 aromatic carbocycles. The van der Waals surface area contributed by atoms with E-state index in [0.717, 1.165) is 0 Å². The zero-order valence-electron chi connectivity index (χ0n) is 16.2. The van der Waals surface area contributed by atoms with E-state index in [9.17, 15) is 58.2 Å². The Bertz CT molecular complexity index is 1390. The monoisotopic (exact) mass is 514 g/mol. The summed E-state index contributed by atoms with van der Waals surface area (Å²) < 4.78 is 148. The molecule has 15 heteroatoms. The van der Waals surface area contributed by atoms with Gasteiger partial charge in [0.25, 0.3) is 5.91 Å². The van der Waals surface area contributed by atoms with Crippen molar-refractivity contribution in [3.8, 4) is 17.1 Å². The summed E-state index contributed by atoms with van der Waals surface area (Å²) in [5.41, 5.74) is -10.4. The van der Waals surface area contributed by atoms with Gasteiger partial charge in [-0.05, 0) is 18.2 Å². The molecule has 0 spiro atoms. The summed E-state index contributed by atoms with van der Waals surface area (Å²) >= 11 is 0. The van der Waals surface area contributed by atoms with Gasteiger partial charge in [0.2, 0.25) is 5.82 Å². The van der Waals surface area contributed by atoms with Crippen molar-refractivity contribution in [2.24, 2.45) is 4.99 Å². The predicted molar refractivity (Wildman–Crippen MR) is 94.1 cm³/mol. The van der Waals surface area contributed by atoms with Crippen molar-refractivity contribution in [3.05, 3.63) is 75.1 Å². The SMILES string of the molecule is O=C1N=C(c2c(F)c(F)c(F)c(F)c2F)c2c(O)[nH]c(-c3cc(C(F)(F)F)cc(C(F)(F)F)c3)c21. The summed E-state index contributed by atoms with van der Waals surface area (Å²) in [7, 11) is 0. The Morgan fingerprint density at radius 1 is 0.686 bits per heavy atom. The van der Waals surface area contributed by atoms with Gasteiger partial charge >= 0.3 is 12.4 Å². The van der Waals surface area contributed by atoms with Gasteiger partial charge in [-0.25, -0.2) is 26.9 Å². The van der Waals surface area contributed by atoms with Crippen LogP contribution < -0.4 is 0 Å². The summed E-state index contributed by atoms with van der Waals surface area (Å²) in [6.07, 6.45) is -10.6. The number of H-pyrrole nitrogens is 1. The standard InChI is InChI=1S/C20H5F11N2O2/c21-10-9(11(22)13(24)14(25)12(10)23)16-8-7(17(34)33-16)15(32-18(8)35)4-1-5(19(26,27)28)3-6(2-4)20(29,30)31/h1-3,32,35H. The van der Waals surface area contributed by atoms with Crippen LogP contribution in [-0.2, 0) is 12.4 Å². The Kier molecular flexibility index (Phi) is 5.22. The minimum atomic E-state index is -5.28. The van der Waals surface area contributed by atoms with Crippen LogP contribution in [0.1, 0.15) is 32.6 Å². The van der Waals surface area contributed by atoms with E-state index in [1.807, 2.05) is 4.98 Å². The second-order valence-corrected chi connectivity index (χ2v) is 7.10. The zero-order chi connectivity index (χ0) is 26.2. The second-order valence-electron chi connectivity index (χ2n) is 7.10. The van der Waals surface area contributed by atoms with Crippen LogP contribution in [0.4, 0.5) is 48.3 Å². The number of carbonyl (C=O) groups is 1.